The summed E-state index contributed by atoms with van der Waals surface area (Å²) in [4.78, 5) is 11.6. The number of anilines is 1. The van der Waals surface area contributed by atoms with Gasteiger partial charge in [0.1, 0.15) is 5.00 Å². The summed E-state index contributed by atoms with van der Waals surface area (Å²) < 4.78 is 31.5. The van der Waals surface area contributed by atoms with Crippen molar-refractivity contribution in [3.05, 3.63) is 58.5 Å². The highest BCUT2D eigenvalue weighted by Crippen LogP contribution is 2.51. The van der Waals surface area contributed by atoms with Crippen LogP contribution in [0.15, 0.2) is 36.2 Å². The molecular weight excluding hydrogens is 444 g/mol. The molecule has 1 aromatic carbocycles. The van der Waals surface area contributed by atoms with Crippen LogP contribution >= 0.6 is 11.3 Å². The molecular formula is C26H33F2NO3S. The van der Waals surface area contributed by atoms with Crippen molar-refractivity contribution in [3.63, 3.8) is 0 Å². The molecule has 0 bridgehead atoms. The number of aryl methyl sites for hydroxylation is 1. The standard InChI is InChI=1S/C18H17F2NO2S.C8H16O/c1-10-3-5-12(6-4-10)11(2)21-16-15(17(22)23)14(9-24-16)13-7-18(19,20)8-13;1-2-3-8-4-6-9-7-5-8/h3-6,9,13,21H,2,7-8H2,1H3,(H,22,23);8H,2-7H2,1H3. The molecule has 0 radical (unpaired) electrons. The Kier molecular flexibility index (Phi) is 8.65. The fourth-order valence-corrected chi connectivity index (χ4v) is 5.33. The van der Waals surface area contributed by atoms with Gasteiger partial charge in [-0.3, -0.25) is 0 Å². The van der Waals surface area contributed by atoms with Crippen LogP contribution < -0.4 is 5.32 Å². The largest absolute Gasteiger partial charge is 0.478 e. The van der Waals surface area contributed by atoms with Gasteiger partial charge >= 0.3 is 5.97 Å². The number of hydrogen-bond donors (Lipinski definition) is 2. The summed E-state index contributed by atoms with van der Waals surface area (Å²) >= 11 is 1.21. The van der Waals surface area contributed by atoms with Gasteiger partial charge < -0.3 is 15.2 Å². The highest BCUT2D eigenvalue weighted by atomic mass is 32.1. The first kappa shape index (κ1) is 25.4. The second-order valence-electron chi connectivity index (χ2n) is 8.98. The van der Waals surface area contributed by atoms with Crippen molar-refractivity contribution in [1.29, 1.82) is 0 Å². The zero-order chi connectivity index (χ0) is 24.0. The van der Waals surface area contributed by atoms with Crippen molar-refractivity contribution in [2.45, 2.75) is 64.2 Å². The summed E-state index contributed by atoms with van der Waals surface area (Å²) in [6, 6.07) is 7.67. The van der Waals surface area contributed by atoms with E-state index in [0.717, 1.165) is 30.3 Å². The average molecular weight is 478 g/mol. The highest BCUT2D eigenvalue weighted by molar-refractivity contribution is 7.14. The molecule has 2 aliphatic rings. The van der Waals surface area contributed by atoms with Crippen LogP contribution in [0.5, 0.6) is 0 Å². The summed E-state index contributed by atoms with van der Waals surface area (Å²) in [6.07, 6.45) is 4.76. The summed E-state index contributed by atoms with van der Waals surface area (Å²) in [7, 11) is 0. The fourth-order valence-electron chi connectivity index (χ4n) is 4.27. The third kappa shape index (κ3) is 6.87. The van der Waals surface area contributed by atoms with Gasteiger partial charge in [0.25, 0.3) is 0 Å². The average Bonchev–Trinajstić information content (AvgIpc) is 3.17. The molecule has 2 fully saturated rings. The topological polar surface area (TPSA) is 58.6 Å². The molecule has 1 aliphatic carbocycles. The number of carboxylic acids is 1. The molecule has 0 amide bonds. The van der Waals surface area contributed by atoms with Gasteiger partial charge in [0.05, 0.1) is 5.56 Å². The van der Waals surface area contributed by atoms with Crippen LogP contribution in [-0.4, -0.2) is 30.2 Å². The first-order valence-corrected chi connectivity index (χ1v) is 12.4. The Hall–Kier alpha value is -2.25. The molecule has 180 valence electrons. The van der Waals surface area contributed by atoms with E-state index in [9.17, 15) is 18.7 Å². The number of ether oxygens (including phenoxy) is 1. The smallest absolute Gasteiger partial charge is 0.339 e. The summed E-state index contributed by atoms with van der Waals surface area (Å²) in [5, 5.41) is 14.6. The molecule has 4 nitrogen and oxygen atoms in total. The molecule has 2 heterocycles. The van der Waals surface area contributed by atoms with Crippen molar-refractivity contribution in [2.24, 2.45) is 5.92 Å². The summed E-state index contributed by atoms with van der Waals surface area (Å²) in [5.74, 6) is -3.21. The molecule has 4 rings (SSSR count). The Balaban J connectivity index is 0.000000286. The first-order chi connectivity index (χ1) is 15.7. The van der Waals surface area contributed by atoms with E-state index >= 15 is 0 Å². The van der Waals surface area contributed by atoms with Gasteiger partial charge in [-0.1, -0.05) is 56.2 Å². The van der Waals surface area contributed by atoms with Crippen molar-refractivity contribution >= 4 is 28.0 Å². The minimum Gasteiger partial charge on any atom is -0.478 e. The van der Waals surface area contributed by atoms with Crippen LogP contribution in [0.1, 0.15) is 78.4 Å². The maximum Gasteiger partial charge on any atom is 0.339 e. The number of carboxylic acid groups (broad SMARTS) is 1. The molecule has 0 unspecified atom stereocenters. The number of benzene rings is 1. The van der Waals surface area contributed by atoms with E-state index in [1.807, 2.05) is 31.2 Å². The number of thiophene rings is 1. The molecule has 0 spiro atoms. The van der Waals surface area contributed by atoms with E-state index in [1.165, 1.54) is 37.0 Å². The molecule has 1 saturated heterocycles. The van der Waals surface area contributed by atoms with E-state index in [1.54, 1.807) is 5.38 Å². The molecule has 1 aromatic heterocycles. The number of aromatic carboxylic acids is 1. The molecule has 0 atom stereocenters. The Labute approximate surface area is 198 Å². The minimum atomic E-state index is -2.68. The van der Waals surface area contributed by atoms with Gasteiger partial charge in [-0.2, -0.15) is 0 Å². The van der Waals surface area contributed by atoms with Gasteiger partial charge in [0.2, 0.25) is 5.92 Å². The van der Waals surface area contributed by atoms with Crippen molar-refractivity contribution in [2.75, 3.05) is 18.5 Å². The quantitative estimate of drug-likeness (QED) is 0.432. The van der Waals surface area contributed by atoms with Crippen LogP contribution in [0.25, 0.3) is 5.70 Å². The lowest BCUT2D eigenvalue weighted by Gasteiger charge is -2.35. The van der Waals surface area contributed by atoms with Crippen LogP contribution in [0.2, 0.25) is 0 Å². The van der Waals surface area contributed by atoms with Gasteiger partial charge in [-0.05, 0) is 48.1 Å². The highest BCUT2D eigenvalue weighted by Gasteiger charge is 2.47. The molecule has 2 aromatic rings. The van der Waals surface area contributed by atoms with E-state index in [4.69, 9.17) is 4.74 Å². The lowest BCUT2D eigenvalue weighted by Crippen LogP contribution is -2.34. The number of alkyl halides is 2. The predicted octanol–water partition coefficient (Wildman–Crippen LogP) is 7.56. The monoisotopic (exact) mass is 477 g/mol. The van der Waals surface area contributed by atoms with Crippen molar-refractivity contribution in [3.8, 4) is 0 Å². The molecule has 1 aliphatic heterocycles. The second-order valence-corrected chi connectivity index (χ2v) is 9.86. The zero-order valence-electron chi connectivity index (χ0n) is 19.3. The van der Waals surface area contributed by atoms with Crippen LogP contribution in [0, 0.1) is 12.8 Å². The first-order valence-electron chi connectivity index (χ1n) is 11.5. The van der Waals surface area contributed by atoms with E-state index in [-0.39, 0.29) is 18.4 Å². The Morgan fingerprint density at radius 2 is 1.88 bits per heavy atom. The summed E-state index contributed by atoms with van der Waals surface area (Å²) in [6.45, 7) is 10.2. The Bertz CT molecular complexity index is 938. The lowest BCUT2D eigenvalue weighted by atomic mass is 9.76. The Morgan fingerprint density at radius 3 is 2.42 bits per heavy atom. The lowest BCUT2D eigenvalue weighted by molar-refractivity contribution is -0.0868. The predicted molar refractivity (Wildman–Crippen MR) is 130 cm³/mol. The minimum absolute atomic E-state index is 0.0776. The van der Waals surface area contributed by atoms with Crippen molar-refractivity contribution in [1.82, 2.24) is 0 Å². The number of carbonyl (C=O) groups is 1. The third-order valence-corrected chi connectivity index (χ3v) is 7.18. The Morgan fingerprint density at radius 1 is 1.24 bits per heavy atom. The van der Waals surface area contributed by atoms with E-state index < -0.39 is 17.8 Å². The summed E-state index contributed by atoms with van der Waals surface area (Å²) in [5.41, 5.74) is 3.10. The third-order valence-electron chi connectivity index (χ3n) is 6.27. The maximum absolute atomic E-state index is 13.1. The zero-order valence-corrected chi connectivity index (χ0v) is 20.1. The van der Waals surface area contributed by atoms with Crippen molar-refractivity contribution < 1.29 is 23.4 Å². The molecule has 33 heavy (non-hydrogen) atoms. The van der Waals surface area contributed by atoms with Gasteiger partial charge in [0, 0.05) is 31.8 Å². The van der Waals surface area contributed by atoms with Crippen LogP contribution in [0.4, 0.5) is 13.8 Å². The SMILES string of the molecule is C=C(Nc1scc(C2CC(F)(F)C2)c1C(=O)O)c1ccc(C)cc1.CCCC1CCOCC1. The molecule has 2 N–H and O–H groups in total. The van der Waals surface area contributed by atoms with E-state index in [0.29, 0.717) is 16.3 Å². The number of hydrogen-bond acceptors (Lipinski definition) is 4. The molecule has 7 heteroatoms. The van der Waals surface area contributed by atoms with Gasteiger partial charge in [0.15, 0.2) is 0 Å². The van der Waals surface area contributed by atoms with Gasteiger partial charge in [-0.15, -0.1) is 11.3 Å². The number of nitrogens with one attached hydrogen (secondary N) is 1. The number of halogens is 2. The second kappa shape index (κ2) is 11.3. The van der Waals surface area contributed by atoms with E-state index in [2.05, 4.69) is 18.8 Å². The molecule has 1 saturated carbocycles. The number of rotatable bonds is 7. The van der Waals surface area contributed by atoms with Crippen LogP contribution in [0.3, 0.4) is 0 Å². The normalized spacial score (nSPS) is 18.1. The van der Waals surface area contributed by atoms with Crippen LogP contribution in [-0.2, 0) is 4.74 Å². The van der Waals surface area contributed by atoms with Gasteiger partial charge in [-0.25, -0.2) is 13.6 Å². The maximum atomic E-state index is 13.1. The fraction of sp³-hybridized carbons (Fsp3) is 0.500.